The minimum Gasteiger partial charge on any atom is -0.363 e. The normalized spacial score (nSPS) is 20.8. The number of hydrogen-bond acceptors (Lipinski definition) is 3. The largest absolute Gasteiger partial charge is 0.363 e. The van der Waals surface area contributed by atoms with E-state index >= 15 is 0 Å². The molecular formula is C11H15NO3S. The first-order valence-corrected chi connectivity index (χ1v) is 6.80. The summed E-state index contributed by atoms with van der Waals surface area (Å²) < 4.78 is 29.7. The van der Waals surface area contributed by atoms with Gasteiger partial charge < -0.3 is 4.74 Å². The highest BCUT2D eigenvalue weighted by Crippen LogP contribution is 2.13. The first-order valence-electron chi connectivity index (χ1n) is 5.19. The van der Waals surface area contributed by atoms with Crippen molar-refractivity contribution in [3.8, 4) is 0 Å². The van der Waals surface area contributed by atoms with Crippen molar-refractivity contribution < 1.29 is 13.2 Å². The molecule has 1 aliphatic heterocycles. The Morgan fingerprint density at radius 3 is 2.62 bits per heavy atom. The molecule has 0 aromatic heterocycles. The molecule has 0 amide bonds. The number of rotatable bonds is 2. The van der Waals surface area contributed by atoms with Crippen molar-refractivity contribution in [2.45, 2.75) is 13.5 Å². The van der Waals surface area contributed by atoms with Gasteiger partial charge in [-0.15, -0.1) is 0 Å². The van der Waals surface area contributed by atoms with Crippen molar-refractivity contribution >= 4 is 10.0 Å². The molecule has 0 saturated carbocycles. The molecule has 88 valence electrons. The topological polar surface area (TPSA) is 46.6 Å². The van der Waals surface area contributed by atoms with E-state index in [9.17, 15) is 8.42 Å². The Morgan fingerprint density at radius 2 is 2.00 bits per heavy atom. The van der Waals surface area contributed by atoms with Crippen LogP contribution in [0.15, 0.2) is 24.3 Å². The molecule has 1 fully saturated rings. The fourth-order valence-electron chi connectivity index (χ4n) is 1.62. The standard InChI is InChI=1S/C11H15NO3S/c1-10-2-4-11(5-3-10)8-12-6-7-15-9-16(12,13)14/h2-5H,6-9H2,1H3. The van der Waals surface area contributed by atoms with Gasteiger partial charge in [0, 0.05) is 13.1 Å². The zero-order chi connectivity index (χ0) is 11.6. The van der Waals surface area contributed by atoms with E-state index in [-0.39, 0.29) is 5.94 Å². The predicted octanol–water partition coefficient (Wildman–Crippen LogP) is 1.11. The number of benzene rings is 1. The van der Waals surface area contributed by atoms with Crippen molar-refractivity contribution in [2.75, 3.05) is 19.1 Å². The maximum atomic E-state index is 11.7. The molecule has 0 N–H and O–H groups in total. The average molecular weight is 241 g/mol. The molecule has 0 atom stereocenters. The Hall–Kier alpha value is -0.910. The molecule has 5 heteroatoms. The van der Waals surface area contributed by atoms with Crippen LogP contribution >= 0.6 is 0 Å². The molecule has 16 heavy (non-hydrogen) atoms. The Morgan fingerprint density at radius 1 is 1.31 bits per heavy atom. The Kier molecular flexibility index (Phi) is 3.28. The lowest BCUT2D eigenvalue weighted by Gasteiger charge is -2.26. The van der Waals surface area contributed by atoms with Crippen LogP contribution in [-0.4, -0.2) is 31.8 Å². The van der Waals surface area contributed by atoms with E-state index in [1.807, 2.05) is 31.2 Å². The highest BCUT2D eigenvalue weighted by molar-refractivity contribution is 7.88. The number of sulfonamides is 1. The highest BCUT2D eigenvalue weighted by Gasteiger charge is 2.26. The fraction of sp³-hybridized carbons (Fsp3) is 0.455. The summed E-state index contributed by atoms with van der Waals surface area (Å²) >= 11 is 0. The summed E-state index contributed by atoms with van der Waals surface area (Å²) in [6.45, 7) is 3.36. The van der Waals surface area contributed by atoms with E-state index in [0.29, 0.717) is 19.7 Å². The first kappa shape index (κ1) is 11.6. The van der Waals surface area contributed by atoms with Crippen LogP contribution in [0.3, 0.4) is 0 Å². The van der Waals surface area contributed by atoms with Crippen LogP contribution in [0.1, 0.15) is 11.1 Å². The van der Waals surface area contributed by atoms with Gasteiger partial charge >= 0.3 is 0 Å². The lowest BCUT2D eigenvalue weighted by atomic mass is 10.1. The van der Waals surface area contributed by atoms with Crippen molar-refractivity contribution in [1.29, 1.82) is 0 Å². The monoisotopic (exact) mass is 241 g/mol. The van der Waals surface area contributed by atoms with Crippen molar-refractivity contribution in [3.63, 3.8) is 0 Å². The van der Waals surface area contributed by atoms with Crippen molar-refractivity contribution in [1.82, 2.24) is 4.31 Å². The van der Waals surface area contributed by atoms with Crippen LogP contribution in [0.4, 0.5) is 0 Å². The van der Waals surface area contributed by atoms with Gasteiger partial charge in [0.15, 0.2) is 5.94 Å². The van der Waals surface area contributed by atoms with Gasteiger partial charge in [-0.25, -0.2) is 8.42 Å². The van der Waals surface area contributed by atoms with Gasteiger partial charge in [-0.1, -0.05) is 29.8 Å². The number of nitrogens with zero attached hydrogens (tertiary/aromatic N) is 1. The molecule has 0 bridgehead atoms. The molecule has 1 saturated heterocycles. The summed E-state index contributed by atoms with van der Waals surface area (Å²) in [7, 11) is -3.22. The van der Waals surface area contributed by atoms with Crippen LogP contribution in [0.5, 0.6) is 0 Å². The van der Waals surface area contributed by atoms with Gasteiger partial charge in [0.2, 0.25) is 10.0 Å². The summed E-state index contributed by atoms with van der Waals surface area (Å²) in [5, 5.41) is 0. The molecule has 1 aliphatic rings. The summed E-state index contributed by atoms with van der Waals surface area (Å²) in [6.07, 6.45) is 0. The number of hydrogen-bond donors (Lipinski definition) is 0. The first-order chi connectivity index (χ1) is 7.58. The van der Waals surface area contributed by atoms with E-state index in [0.717, 1.165) is 5.56 Å². The Balaban J connectivity index is 2.11. The lowest BCUT2D eigenvalue weighted by Crippen LogP contribution is -2.40. The second-order valence-corrected chi connectivity index (χ2v) is 5.87. The van der Waals surface area contributed by atoms with Crippen molar-refractivity contribution in [3.05, 3.63) is 35.4 Å². The molecular weight excluding hydrogens is 226 g/mol. The zero-order valence-electron chi connectivity index (χ0n) is 9.22. The maximum Gasteiger partial charge on any atom is 0.238 e. The van der Waals surface area contributed by atoms with Crippen LogP contribution in [0.25, 0.3) is 0 Å². The Labute approximate surface area is 95.9 Å². The molecule has 1 heterocycles. The van der Waals surface area contributed by atoms with Crippen LogP contribution < -0.4 is 0 Å². The van der Waals surface area contributed by atoms with E-state index < -0.39 is 10.0 Å². The van der Waals surface area contributed by atoms with Crippen molar-refractivity contribution in [2.24, 2.45) is 0 Å². The van der Waals surface area contributed by atoms with Crippen LogP contribution in [0.2, 0.25) is 0 Å². The molecule has 0 spiro atoms. The maximum absolute atomic E-state index is 11.7. The molecule has 1 aromatic rings. The number of ether oxygens (including phenoxy) is 1. The van der Waals surface area contributed by atoms with Gasteiger partial charge in [-0.2, -0.15) is 4.31 Å². The molecule has 0 aliphatic carbocycles. The minimum absolute atomic E-state index is 0.196. The molecule has 0 unspecified atom stereocenters. The van der Waals surface area contributed by atoms with Crippen LogP contribution in [0, 0.1) is 6.92 Å². The zero-order valence-corrected chi connectivity index (χ0v) is 10.0. The predicted molar refractivity (Wildman–Crippen MR) is 61.3 cm³/mol. The highest BCUT2D eigenvalue weighted by atomic mass is 32.2. The fourth-order valence-corrected chi connectivity index (χ4v) is 2.79. The summed E-state index contributed by atoms with van der Waals surface area (Å²) in [6, 6.07) is 7.89. The Bertz CT molecular complexity index is 453. The van der Waals surface area contributed by atoms with E-state index in [2.05, 4.69) is 0 Å². The molecule has 2 rings (SSSR count). The second kappa shape index (κ2) is 4.53. The second-order valence-electron chi connectivity index (χ2n) is 3.96. The summed E-state index contributed by atoms with van der Waals surface area (Å²) in [5.41, 5.74) is 2.18. The van der Waals surface area contributed by atoms with Gasteiger partial charge in [-0.05, 0) is 12.5 Å². The SMILES string of the molecule is Cc1ccc(CN2CCOCS2(=O)=O)cc1. The lowest BCUT2D eigenvalue weighted by molar-refractivity contribution is 0.130. The minimum atomic E-state index is -3.22. The summed E-state index contributed by atoms with van der Waals surface area (Å²) in [5.74, 6) is -0.196. The molecule has 0 radical (unpaired) electrons. The smallest absolute Gasteiger partial charge is 0.238 e. The van der Waals surface area contributed by atoms with Gasteiger partial charge in [0.05, 0.1) is 6.61 Å². The molecule has 4 nitrogen and oxygen atoms in total. The van der Waals surface area contributed by atoms with Gasteiger partial charge in [0.25, 0.3) is 0 Å². The van der Waals surface area contributed by atoms with E-state index in [1.165, 1.54) is 9.87 Å². The quantitative estimate of drug-likeness (QED) is 0.779. The van der Waals surface area contributed by atoms with E-state index in [4.69, 9.17) is 4.74 Å². The third kappa shape index (κ3) is 2.61. The summed E-state index contributed by atoms with van der Waals surface area (Å²) in [4.78, 5) is 0. The average Bonchev–Trinajstić information content (AvgIpc) is 2.24. The third-order valence-electron chi connectivity index (χ3n) is 2.59. The van der Waals surface area contributed by atoms with Crippen LogP contribution in [-0.2, 0) is 21.3 Å². The number of aryl methyl sites for hydroxylation is 1. The van der Waals surface area contributed by atoms with Gasteiger partial charge in [0.1, 0.15) is 0 Å². The van der Waals surface area contributed by atoms with Gasteiger partial charge in [-0.3, -0.25) is 0 Å². The van der Waals surface area contributed by atoms with E-state index in [1.54, 1.807) is 0 Å². The molecule has 1 aromatic carbocycles. The third-order valence-corrected chi connectivity index (χ3v) is 4.15.